The van der Waals surface area contributed by atoms with E-state index in [1.54, 1.807) is 0 Å². The number of likely N-dealkylation sites (tertiary alicyclic amines) is 1. The summed E-state index contributed by atoms with van der Waals surface area (Å²) < 4.78 is 7.86. The van der Waals surface area contributed by atoms with E-state index >= 15 is 0 Å². The summed E-state index contributed by atoms with van der Waals surface area (Å²) >= 11 is 0. The van der Waals surface area contributed by atoms with Gasteiger partial charge in [-0.25, -0.2) is 9.98 Å². The number of hydrogen-bond acceptors (Lipinski definition) is 3. The first-order chi connectivity index (χ1) is 11.6. The molecule has 1 atom stereocenters. The monoisotopic (exact) mass is 333 g/mol. The summed E-state index contributed by atoms with van der Waals surface area (Å²) in [5.74, 6) is 2.66. The maximum atomic E-state index is 5.64. The Morgan fingerprint density at radius 3 is 3.04 bits per heavy atom. The van der Waals surface area contributed by atoms with Crippen molar-refractivity contribution in [3.8, 4) is 0 Å². The first-order valence-corrected chi connectivity index (χ1v) is 9.23. The molecule has 0 radical (unpaired) electrons. The lowest BCUT2D eigenvalue weighted by atomic mass is 9.87. The number of nitrogens with one attached hydrogen (secondary N) is 1. The second-order valence-electron chi connectivity index (χ2n) is 7.53. The Hall–Kier alpha value is -1.56. The van der Waals surface area contributed by atoms with Gasteiger partial charge in [0.05, 0.1) is 6.61 Å². The van der Waals surface area contributed by atoms with Gasteiger partial charge >= 0.3 is 0 Å². The zero-order chi connectivity index (χ0) is 17.0. The van der Waals surface area contributed by atoms with Crippen LogP contribution in [-0.4, -0.2) is 53.3 Å². The summed E-state index contributed by atoms with van der Waals surface area (Å²) in [6.45, 7) is 13.0. The highest BCUT2D eigenvalue weighted by molar-refractivity contribution is 5.80. The van der Waals surface area contributed by atoms with Crippen molar-refractivity contribution < 1.29 is 4.74 Å². The summed E-state index contributed by atoms with van der Waals surface area (Å²) in [6.07, 6.45) is 6.32. The zero-order valence-corrected chi connectivity index (χ0v) is 15.3. The smallest absolute Gasteiger partial charge is 0.194 e. The van der Waals surface area contributed by atoms with E-state index in [-0.39, 0.29) is 0 Å². The number of nitrogens with zero attached hydrogens (tertiary/aromatic N) is 4. The van der Waals surface area contributed by atoms with Crippen LogP contribution in [0.5, 0.6) is 0 Å². The summed E-state index contributed by atoms with van der Waals surface area (Å²) in [6, 6.07) is 0. The molecule has 0 amide bonds. The Kier molecular flexibility index (Phi) is 5.43. The van der Waals surface area contributed by atoms with Crippen LogP contribution in [0.3, 0.4) is 0 Å². The lowest BCUT2D eigenvalue weighted by Gasteiger charge is -2.25. The molecule has 2 aliphatic heterocycles. The molecule has 3 rings (SSSR count). The van der Waals surface area contributed by atoms with E-state index < -0.39 is 0 Å². The third-order valence-corrected chi connectivity index (χ3v) is 4.99. The second kappa shape index (κ2) is 7.55. The highest BCUT2D eigenvalue weighted by Crippen LogP contribution is 2.38. The van der Waals surface area contributed by atoms with Crippen molar-refractivity contribution >= 4 is 5.96 Å². The SMILES string of the molecule is CCNC(=NCc1nccn1CC(C)C)N1CCC2(CCOC2)C1. The van der Waals surface area contributed by atoms with Gasteiger partial charge in [-0.1, -0.05) is 13.8 Å². The molecule has 134 valence electrons. The largest absolute Gasteiger partial charge is 0.381 e. The van der Waals surface area contributed by atoms with Gasteiger partial charge in [0.15, 0.2) is 5.96 Å². The first-order valence-electron chi connectivity index (χ1n) is 9.23. The number of aliphatic imine (C=N–C) groups is 1. The van der Waals surface area contributed by atoms with Crippen LogP contribution in [0.2, 0.25) is 0 Å². The second-order valence-corrected chi connectivity index (χ2v) is 7.53. The van der Waals surface area contributed by atoms with Crippen LogP contribution >= 0.6 is 0 Å². The van der Waals surface area contributed by atoms with Crippen molar-refractivity contribution in [3.05, 3.63) is 18.2 Å². The molecule has 0 saturated carbocycles. The van der Waals surface area contributed by atoms with E-state index in [0.717, 1.165) is 51.2 Å². The molecule has 24 heavy (non-hydrogen) atoms. The average Bonchev–Trinajstić information content (AvgIpc) is 3.27. The number of aromatic nitrogens is 2. The van der Waals surface area contributed by atoms with Gasteiger partial charge < -0.3 is 19.5 Å². The van der Waals surface area contributed by atoms with Crippen LogP contribution < -0.4 is 5.32 Å². The van der Waals surface area contributed by atoms with Crippen molar-refractivity contribution in [2.45, 2.75) is 46.7 Å². The molecular formula is C18H31N5O. The fourth-order valence-corrected chi connectivity index (χ4v) is 3.71. The van der Waals surface area contributed by atoms with Crippen molar-refractivity contribution in [1.29, 1.82) is 0 Å². The molecular weight excluding hydrogens is 302 g/mol. The molecule has 0 bridgehead atoms. The summed E-state index contributed by atoms with van der Waals surface area (Å²) in [5.41, 5.74) is 0.353. The average molecular weight is 333 g/mol. The van der Waals surface area contributed by atoms with Gasteiger partial charge in [-0.15, -0.1) is 0 Å². The minimum atomic E-state index is 0.353. The van der Waals surface area contributed by atoms with E-state index in [2.05, 4.69) is 46.7 Å². The summed E-state index contributed by atoms with van der Waals surface area (Å²) in [4.78, 5) is 11.8. The summed E-state index contributed by atoms with van der Waals surface area (Å²) in [5, 5.41) is 3.45. The molecule has 1 unspecified atom stereocenters. The van der Waals surface area contributed by atoms with Gasteiger partial charge in [-0.2, -0.15) is 0 Å². The topological polar surface area (TPSA) is 54.7 Å². The summed E-state index contributed by atoms with van der Waals surface area (Å²) in [7, 11) is 0. The molecule has 2 aliphatic rings. The normalized spacial score (nSPS) is 24.5. The lowest BCUT2D eigenvalue weighted by molar-refractivity contribution is 0.156. The Labute approximate surface area is 145 Å². The fourth-order valence-electron chi connectivity index (χ4n) is 3.71. The maximum absolute atomic E-state index is 5.64. The van der Waals surface area contributed by atoms with Crippen LogP contribution in [0.4, 0.5) is 0 Å². The maximum Gasteiger partial charge on any atom is 0.194 e. The highest BCUT2D eigenvalue weighted by Gasteiger charge is 2.42. The minimum Gasteiger partial charge on any atom is -0.381 e. The predicted molar refractivity (Wildman–Crippen MR) is 95.9 cm³/mol. The zero-order valence-electron chi connectivity index (χ0n) is 15.3. The van der Waals surface area contributed by atoms with E-state index in [1.165, 1.54) is 12.8 Å². The molecule has 0 aliphatic carbocycles. The van der Waals surface area contributed by atoms with Crippen molar-refractivity contribution in [2.75, 3.05) is 32.8 Å². The minimum absolute atomic E-state index is 0.353. The Morgan fingerprint density at radius 2 is 2.33 bits per heavy atom. The Balaban J connectivity index is 1.67. The first kappa shape index (κ1) is 17.3. The predicted octanol–water partition coefficient (Wildman–Crippen LogP) is 2.12. The van der Waals surface area contributed by atoms with Crippen LogP contribution in [0, 0.1) is 11.3 Å². The molecule has 2 saturated heterocycles. The van der Waals surface area contributed by atoms with E-state index in [9.17, 15) is 0 Å². The highest BCUT2D eigenvalue weighted by atomic mass is 16.5. The van der Waals surface area contributed by atoms with Gasteiger partial charge in [0, 0.05) is 50.6 Å². The van der Waals surface area contributed by atoms with Crippen molar-refractivity contribution in [2.24, 2.45) is 16.3 Å². The molecule has 1 N–H and O–H groups in total. The number of imidazole rings is 1. The third kappa shape index (κ3) is 3.91. The van der Waals surface area contributed by atoms with E-state index in [4.69, 9.17) is 9.73 Å². The van der Waals surface area contributed by atoms with Gasteiger partial charge in [0.2, 0.25) is 0 Å². The molecule has 3 heterocycles. The lowest BCUT2D eigenvalue weighted by Crippen LogP contribution is -2.41. The van der Waals surface area contributed by atoms with Crippen molar-refractivity contribution in [3.63, 3.8) is 0 Å². The number of guanidine groups is 1. The fraction of sp³-hybridized carbons (Fsp3) is 0.778. The molecule has 6 heteroatoms. The van der Waals surface area contributed by atoms with Gasteiger partial charge in [0.1, 0.15) is 12.4 Å². The van der Waals surface area contributed by atoms with Crippen LogP contribution in [0.1, 0.15) is 39.4 Å². The van der Waals surface area contributed by atoms with E-state index in [0.29, 0.717) is 17.9 Å². The van der Waals surface area contributed by atoms with Gasteiger partial charge in [0.25, 0.3) is 0 Å². The molecule has 0 aromatic carbocycles. The third-order valence-electron chi connectivity index (χ3n) is 4.99. The molecule has 2 fully saturated rings. The van der Waals surface area contributed by atoms with Crippen LogP contribution in [-0.2, 0) is 17.8 Å². The van der Waals surface area contributed by atoms with Gasteiger partial charge in [-0.05, 0) is 25.7 Å². The number of rotatable bonds is 5. The van der Waals surface area contributed by atoms with Crippen LogP contribution in [0.25, 0.3) is 0 Å². The Bertz CT molecular complexity index is 560. The molecule has 1 aromatic heterocycles. The Morgan fingerprint density at radius 1 is 1.46 bits per heavy atom. The standard InChI is InChI=1S/C18H31N5O/c1-4-19-17(23-8-5-18(13-23)6-10-24-14-18)21-11-16-20-7-9-22(16)12-15(2)3/h7,9,15H,4-6,8,10-14H2,1-3H3,(H,19,21). The quantitative estimate of drug-likeness (QED) is 0.662. The number of hydrogen-bond donors (Lipinski definition) is 1. The molecule has 1 spiro atoms. The van der Waals surface area contributed by atoms with Gasteiger partial charge in [-0.3, -0.25) is 0 Å². The van der Waals surface area contributed by atoms with E-state index in [1.807, 2.05) is 6.20 Å². The number of ether oxygens (including phenoxy) is 1. The molecule has 1 aromatic rings. The van der Waals surface area contributed by atoms with Crippen LogP contribution in [0.15, 0.2) is 17.4 Å². The van der Waals surface area contributed by atoms with Crippen molar-refractivity contribution in [1.82, 2.24) is 19.8 Å². The molecule has 6 nitrogen and oxygen atoms in total.